The number of pyridine rings is 1. The van der Waals surface area contributed by atoms with Crippen molar-refractivity contribution in [3.05, 3.63) is 119 Å². The van der Waals surface area contributed by atoms with Crippen LogP contribution in [0.2, 0.25) is 0 Å². The van der Waals surface area contributed by atoms with Crippen molar-refractivity contribution in [3.63, 3.8) is 0 Å². The first-order valence-corrected chi connectivity index (χ1v) is 19.5. The number of nitrogens with zero attached hydrogens (tertiary/aromatic N) is 4. The standard InChI is InChI=1S/C44H52N6O2/c1-2-39(32-7-4-3-5-8-32)43(34-12-16-38(51)17-13-34)33-10-14-36(15-11-33)48-24-20-31(21-25-48)27-46-35-22-26-49(29-35)42-19-18-40-41(47-42)30-50(44(40)52)37-9-6-23-45-28-37/h3-5,7-8,10-19,31,35,37,45-46,51H,2,6,9,20-30H2,1H3/b43-39+. The Labute approximate surface area is 308 Å². The summed E-state index contributed by atoms with van der Waals surface area (Å²) in [6, 6.07) is 32.2. The van der Waals surface area contributed by atoms with Crippen molar-refractivity contribution in [1.82, 2.24) is 20.5 Å². The van der Waals surface area contributed by atoms with Gasteiger partial charge in [0, 0.05) is 50.5 Å². The Morgan fingerprint density at radius 3 is 2.29 bits per heavy atom. The highest BCUT2D eigenvalue weighted by Crippen LogP contribution is 2.36. The van der Waals surface area contributed by atoms with Gasteiger partial charge in [0.05, 0.1) is 17.8 Å². The average molecular weight is 697 g/mol. The van der Waals surface area contributed by atoms with Crippen LogP contribution >= 0.6 is 0 Å². The summed E-state index contributed by atoms with van der Waals surface area (Å²) in [7, 11) is 0. The lowest BCUT2D eigenvalue weighted by molar-refractivity contribution is 0.0674. The molecule has 3 fully saturated rings. The molecule has 3 aromatic carbocycles. The molecule has 8 rings (SSSR count). The van der Waals surface area contributed by atoms with Crippen molar-refractivity contribution in [2.24, 2.45) is 5.92 Å². The summed E-state index contributed by atoms with van der Waals surface area (Å²) in [5.74, 6) is 2.12. The molecule has 4 aliphatic rings. The number of hydrogen-bond donors (Lipinski definition) is 3. The number of hydrogen-bond acceptors (Lipinski definition) is 7. The molecule has 0 spiro atoms. The number of benzene rings is 3. The Bertz CT molecular complexity index is 1860. The molecular formula is C44H52N6O2. The number of rotatable bonds is 10. The highest BCUT2D eigenvalue weighted by Gasteiger charge is 2.35. The Kier molecular flexibility index (Phi) is 10.3. The predicted octanol–water partition coefficient (Wildman–Crippen LogP) is 6.95. The minimum absolute atomic E-state index is 0.146. The minimum atomic E-state index is 0.146. The van der Waals surface area contributed by atoms with E-state index < -0.39 is 0 Å². The lowest BCUT2D eigenvalue weighted by atomic mass is 9.88. The minimum Gasteiger partial charge on any atom is -0.508 e. The zero-order chi connectivity index (χ0) is 35.4. The number of anilines is 2. The van der Waals surface area contributed by atoms with Crippen molar-refractivity contribution in [2.45, 2.75) is 64.1 Å². The predicted molar refractivity (Wildman–Crippen MR) is 211 cm³/mol. The van der Waals surface area contributed by atoms with Crippen molar-refractivity contribution in [2.75, 3.05) is 55.6 Å². The summed E-state index contributed by atoms with van der Waals surface area (Å²) in [6.07, 6.45) is 6.59. The molecule has 8 heteroatoms. The van der Waals surface area contributed by atoms with Gasteiger partial charge in [-0.15, -0.1) is 0 Å². The fraction of sp³-hybridized carbons (Fsp3) is 0.409. The third-order valence-corrected chi connectivity index (χ3v) is 11.8. The molecule has 270 valence electrons. The molecular weight excluding hydrogens is 645 g/mol. The van der Waals surface area contributed by atoms with Gasteiger partial charge in [-0.1, -0.05) is 61.5 Å². The second-order valence-electron chi connectivity index (χ2n) is 15.0. The number of aromatic nitrogens is 1. The molecule has 0 aliphatic carbocycles. The number of aromatic hydroxyl groups is 1. The summed E-state index contributed by atoms with van der Waals surface area (Å²) >= 11 is 0. The van der Waals surface area contributed by atoms with Crippen LogP contribution in [0.4, 0.5) is 11.5 Å². The molecule has 4 aromatic rings. The molecule has 3 N–H and O–H groups in total. The van der Waals surface area contributed by atoms with Gasteiger partial charge in [-0.05, 0) is 122 Å². The van der Waals surface area contributed by atoms with Crippen LogP contribution in [0.5, 0.6) is 5.75 Å². The maximum absolute atomic E-state index is 13.1. The number of nitrogens with one attached hydrogen (secondary N) is 2. The third-order valence-electron chi connectivity index (χ3n) is 11.8. The molecule has 0 radical (unpaired) electrons. The van der Waals surface area contributed by atoms with Crippen LogP contribution in [-0.4, -0.2) is 78.8 Å². The fourth-order valence-corrected chi connectivity index (χ4v) is 8.77. The highest BCUT2D eigenvalue weighted by atomic mass is 16.3. The van der Waals surface area contributed by atoms with Crippen LogP contribution < -0.4 is 20.4 Å². The number of carbonyl (C=O) groups is 1. The number of carbonyl (C=O) groups excluding carboxylic acids is 1. The summed E-state index contributed by atoms with van der Waals surface area (Å²) < 4.78 is 0. The van der Waals surface area contributed by atoms with Gasteiger partial charge in [-0.2, -0.15) is 0 Å². The molecule has 8 nitrogen and oxygen atoms in total. The molecule has 2 unspecified atom stereocenters. The molecule has 0 saturated carbocycles. The maximum Gasteiger partial charge on any atom is 0.256 e. The van der Waals surface area contributed by atoms with Crippen molar-refractivity contribution >= 4 is 28.6 Å². The number of phenols is 1. The van der Waals surface area contributed by atoms with Gasteiger partial charge in [-0.3, -0.25) is 4.79 Å². The molecule has 2 atom stereocenters. The van der Waals surface area contributed by atoms with Gasteiger partial charge in [0.2, 0.25) is 0 Å². The lowest BCUT2D eigenvalue weighted by Crippen LogP contribution is -2.46. The normalized spacial score (nSPS) is 21.4. The van der Waals surface area contributed by atoms with Gasteiger partial charge in [0.15, 0.2) is 0 Å². The van der Waals surface area contributed by atoms with Crippen LogP contribution in [0.25, 0.3) is 11.1 Å². The largest absolute Gasteiger partial charge is 0.508 e. The first kappa shape index (κ1) is 34.4. The van der Waals surface area contributed by atoms with Crippen molar-refractivity contribution in [1.29, 1.82) is 0 Å². The molecule has 1 amide bonds. The van der Waals surface area contributed by atoms with E-state index in [2.05, 4.69) is 88.0 Å². The number of allylic oxidation sites excluding steroid dienone is 1. The smallest absolute Gasteiger partial charge is 0.256 e. The van der Waals surface area contributed by atoms with Crippen LogP contribution in [0.1, 0.15) is 78.2 Å². The maximum atomic E-state index is 13.1. The first-order valence-electron chi connectivity index (χ1n) is 19.5. The van der Waals surface area contributed by atoms with E-state index in [1.165, 1.54) is 40.8 Å². The molecule has 0 bridgehead atoms. The van der Waals surface area contributed by atoms with Gasteiger partial charge in [-0.25, -0.2) is 4.98 Å². The van der Waals surface area contributed by atoms with Crippen LogP contribution in [0.15, 0.2) is 91.0 Å². The zero-order valence-corrected chi connectivity index (χ0v) is 30.4. The van der Waals surface area contributed by atoms with E-state index in [0.29, 0.717) is 18.5 Å². The third kappa shape index (κ3) is 7.32. The number of piperidine rings is 2. The molecule has 1 aromatic heterocycles. The van der Waals surface area contributed by atoms with Crippen LogP contribution in [0.3, 0.4) is 0 Å². The van der Waals surface area contributed by atoms with E-state index in [0.717, 1.165) is 94.1 Å². The Balaban J connectivity index is 0.849. The summed E-state index contributed by atoms with van der Waals surface area (Å²) in [5, 5.41) is 17.3. The molecule has 3 saturated heterocycles. The topological polar surface area (TPSA) is 84.0 Å². The number of amides is 1. The zero-order valence-electron chi connectivity index (χ0n) is 30.4. The molecule has 5 heterocycles. The van der Waals surface area contributed by atoms with Crippen molar-refractivity contribution in [3.8, 4) is 5.75 Å². The second kappa shape index (κ2) is 15.5. The SMILES string of the molecule is CC/C(=C(\c1ccc(O)cc1)c1ccc(N2CCC(CNC3CCN(c4ccc5c(n4)CN(C4CCCNC4)C5=O)C3)CC2)cc1)c1ccccc1. The van der Waals surface area contributed by atoms with Crippen LogP contribution in [-0.2, 0) is 6.54 Å². The Morgan fingerprint density at radius 2 is 1.58 bits per heavy atom. The van der Waals surface area contributed by atoms with E-state index in [-0.39, 0.29) is 17.7 Å². The van der Waals surface area contributed by atoms with E-state index >= 15 is 0 Å². The first-order chi connectivity index (χ1) is 25.5. The lowest BCUT2D eigenvalue weighted by Gasteiger charge is -2.34. The van der Waals surface area contributed by atoms with E-state index in [4.69, 9.17) is 4.98 Å². The monoisotopic (exact) mass is 696 g/mol. The van der Waals surface area contributed by atoms with Crippen LogP contribution in [0, 0.1) is 5.92 Å². The summed E-state index contributed by atoms with van der Waals surface area (Å²) in [4.78, 5) is 25.1. The van der Waals surface area contributed by atoms with Gasteiger partial charge >= 0.3 is 0 Å². The van der Waals surface area contributed by atoms with E-state index in [9.17, 15) is 9.90 Å². The average Bonchev–Trinajstić information content (AvgIpc) is 3.82. The Morgan fingerprint density at radius 1 is 0.846 bits per heavy atom. The quantitative estimate of drug-likeness (QED) is 0.155. The summed E-state index contributed by atoms with van der Waals surface area (Å²) in [6.45, 7) is 9.94. The van der Waals surface area contributed by atoms with Gasteiger partial charge in [0.25, 0.3) is 5.91 Å². The number of fused-ring (bicyclic) bond motifs is 1. The molecule has 52 heavy (non-hydrogen) atoms. The highest BCUT2D eigenvalue weighted by molar-refractivity contribution is 5.99. The van der Waals surface area contributed by atoms with Crippen molar-refractivity contribution < 1.29 is 9.90 Å². The Hall–Kier alpha value is -4.66. The van der Waals surface area contributed by atoms with E-state index in [1.54, 1.807) is 12.1 Å². The van der Waals surface area contributed by atoms with Gasteiger partial charge in [0.1, 0.15) is 11.6 Å². The van der Waals surface area contributed by atoms with E-state index in [1.807, 2.05) is 23.1 Å². The second-order valence-corrected chi connectivity index (χ2v) is 15.0. The molecule has 4 aliphatic heterocycles. The number of phenolic OH excluding ortho intramolecular Hbond substituents is 1. The fourth-order valence-electron chi connectivity index (χ4n) is 8.77. The summed E-state index contributed by atoms with van der Waals surface area (Å²) in [5.41, 5.74) is 9.08. The van der Waals surface area contributed by atoms with Gasteiger partial charge < -0.3 is 30.4 Å².